The van der Waals surface area contributed by atoms with Crippen LogP contribution in [0.4, 0.5) is 0 Å². The molecule has 0 aliphatic rings. The van der Waals surface area contributed by atoms with Crippen LogP contribution in [0.5, 0.6) is 5.75 Å². The van der Waals surface area contributed by atoms with Crippen LogP contribution in [0.15, 0.2) is 35.9 Å². The van der Waals surface area contributed by atoms with E-state index in [-0.39, 0.29) is 5.75 Å². The summed E-state index contributed by atoms with van der Waals surface area (Å²) in [6, 6.07) is 5.05. The molecule has 1 aromatic carbocycles. The molecule has 1 rings (SSSR count). The molecule has 0 aromatic heterocycles. The minimum Gasteiger partial charge on any atom is -0.508 e. The van der Waals surface area contributed by atoms with Gasteiger partial charge in [0.15, 0.2) is 0 Å². The third-order valence-corrected chi connectivity index (χ3v) is 2.25. The zero-order chi connectivity index (χ0) is 12.8. The third-order valence-electron chi connectivity index (χ3n) is 2.25. The van der Waals surface area contributed by atoms with Crippen molar-refractivity contribution in [1.29, 1.82) is 0 Å². The highest BCUT2D eigenvalue weighted by molar-refractivity contribution is 5.85. The number of carboxylic acids is 1. The Balaban J connectivity index is 2.94. The number of allylic oxidation sites excluding steroid dienone is 2. The molecule has 0 fully saturated rings. The molecule has 2 N–H and O–H groups in total. The minimum atomic E-state index is -0.982. The van der Waals surface area contributed by atoms with Crippen LogP contribution in [-0.4, -0.2) is 16.2 Å². The van der Waals surface area contributed by atoms with Gasteiger partial charge in [-0.3, -0.25) is 0 Å². The van der Waals surface area contributed by atoms with Crippen molar-refractivity contribution >= 4 is 12.0 Å². The van der Waals surface area contributed by atoms with Gasteiger partial charge < -0.3 is 10.2 Å². The van der Waals surface area contributed by atoms with Crippen molar-refractivity contribution in [3.8, 4) is 5.75 Å². The van der Waals surface area contributed by atoms with Gasteiger partial charge in [0, 0.05) is 6.08 Å². The lowest BCUT2D eigenvalue weighted by Gasteiger charge is -2.03. The maximum Gasteiger partial charge on any atom is 0.328 e. The normalized spacial score (nSPS) is 10.5. The van der Waals surface area contributed by atoms with Gasteiger partial charge in [-0.15, -0.1) is 0 Å². The fourth-order valence-electron chi connectivity index (χ4n) is 1.35. The Bertz CT molecular complexity index is 466. The number of hydrogen-bond donors (Lipinski definition) is 2. The summed E-state index contributed by atoms with van der Waals surface area (Å²) < 4.78 is 0. The van der Waals surface area contributed by atoms with Crippen molar-refractivity contribution in [1.82, 2.24) is 0 Å². The topological polar surface area (TPSA) is 57.5 Å². The van der Waals surface area contributed by atoms with Crippen LogP contribution in [0.25, 0.3) is 6.08 Å². The second-order valence-electron chi connectivity index (χ2n) is 4.05. The van der Waals surface area contributed by atoms with Gasteiger partial charge in [0.05, 0.1) is 0 Å². The Labute approximate surface area is 101 Å². The van der Waals surface area contributed by atoms with Crippen LogP contribution in [0.1, 0.15) is 25.0 Å². The SMILES string of the molecule is CC(C)=CCc1cc(/C=C\C(=O)O)ccc1O. The zero-order valence-corrected chi connectivity index (χ0v) is 9.97. The number of benzene rings is 1. The Morgan fingerprint density at radius 1 is 1.35 bits per heavy atom. The molecule has 1 aromatic rings. The third kappa shape index (κ3) is 4.55. The number of aliphatic carboxylic acids is 1. The van der Waals surface area contributed by atoms with Crippen LogP contribution >= 0.6 is 0 Å². The summed E-state index contributed by atoms with van der Waals surface area (Å²) in [5.41, 5.74) is 2.73. The van der Waals surface area contributed by atoms with Gasteiger partial charge in [-0.05, 0) is 49.6 Å². The van der Waals surface area contributed by atoms with Crippen molar-refractivity contribution in [2.75, 3.05) is 0 Å². The van der Waals surface area contributed by atoms with Crippen molar-refractivity contribution < 1.29 is 15.0 Å². The quantitative estimate of drug-likeness (QED) is 0.619. The van der Waals surface area contributed by atoms with Gasteiger partial charge >= 0.3 is 5.97 Å². The van der Waals surface area contributed by atoms with E-state index in [2.05, 4.69) is 0 Å². The maximum absolute atomic E-state index is 10.4. The first kappa shape index (κ1) is 13.0. The Morgan fingerprint density at radius 3 is 2.65 bits per heavy atom. The molecule has 90 valence electrons. The summed E-state index contributed by atoms with van der Waals surface area (Å²) in [5.74, 6) is -0.751. The average molecular weight is 232 g/mol. The molecule has 0 bridgehead atoms. The molecular formula is C14H16O3. The number of hydrogen-bond acceptors (Lipinski definition) is 2. The average Bonchev–Trinajstić information content (AvgIpc) is 2.26. The molecule has 0 spiro atoms. The fourth-order valence-corrected chi connectivity index (χ4v) is 1.35. The summed E-state index contributed by atoms with van der Waals surface area (Å²) >= 11 is 0. The second-order valence-corrected chi connectivity index (χ2v) is 4.05. The van der Waals surface area contributed by atoms with Crippen molar-refractivity contribution in [2.24, 2.45) is 0 Å². The minimum absolute atomic E-state index is 0.231. The summed E-state index contributed by atoms with van der Waals surface area (Å²) in [4.78, 5) is 10.4. The number of carboxylic acid groups (broad SMARTS) is 1. The van der Waals surface area contributed by atoms with E-state index in [9.17, 15) is 9.90 Å². The van der Waals surface area contributed by atoms with Crippen LogP contribution < -0.4 is 0 Å². The number of rotatable bonds is 4. The number of carbonyl (C=O) groups is 1. The molecule has 0 aliphatic carbocycles. The van der Waals surface area contributed by atoms with Crippen molar-refractivity contribution in [3.05, 3.63) is 47.1 Å². The standard InChI is InChI=1S/C14H16O3/c1-10(2)3-6-12-9-11(4-7-13(12)15)5-8-14(16)17/h3-5,7-9,15H,6H2,1-2H3,(H,16,17)/b8-5-. The van der Waals surface area contributed by atoms with E-state index in [4.69, 9.17) is 5.11 Å². The highest BCUT2D eigenvalue weighted by Gasteiger charge is 2.00. The van der Waals surface area contributed by atoms with Crippen LogP contribution in [0.2, 0.25) is 0 Å². The molecule has 0 amide bonds. The van der Waals surface area contributed by atoms with E-state index in [0.29, 0.717) is 6.42 Å². The van der Waals surface area contributed by atoms with Gasteiger partial charge in [-0.2, -0.15) is 0 Å². The molecule has 0 saturated heterocycles. The molecular weight excluding hydrogens is 216 g/mol. The predicted octanol–water partition coefficient (Wildman–Crippen LogP) is 3.00. The molecule has 0 atom stereocenters. The van der Waals surface area contributed by atoms with E-state index >= 15 is 0 Å². The zero-order valence-electron chi connectivity index (χ0n) is 9.97. The van der Waals surface area contributed by atoms with E-state index < -0.39 is 5.97 Å². The molecule has 0 aliphatic heterocycles. The number of phenols is 1. The summed E-state index contributed by atoms with van der Waals surface area (Å²) in [5, 5.41) is 18.2. The highest BCUT2D eigenvalue weighted by Crippen LogP contribution is 2.20. The predicted molar refractivity (Wildman–Crippen MR) is 67.9 cm³/mol. The Hall–Kier alpha value is -2.03. The largest absolute Gasteiger partial charge is 0.508 e. The maximum atomic E-state index is 10.4. The van der Waals surface area contributed by atoms with Gasteiger partial charge in [0.2, 0.25) is 0 Å². The van der Waals surface area contributed by atoms with Crippen LogP contribution in [-0.2, 0) is 11.2 Å². The van der Waals surface area contributed by atoms with Gasteiger partial charge in [-0.1, -0.05) is 17.7 Å². The van der Waals surface area contributed by atoms with E-state index in [0.717, 1.165) is 17.2 Å². The van der Waals surface area contributed by atoms with E-state index in [1.165, 1.54) is 11.6 Å². The lowest BCUT2D eigenvalue weighted by Crippen LogP contribution is -1.88. The molecule has 0 heterocycles. The lowest BCUT2D eigenvalue weighted by molar-refractivity contribution is -0.131. The molecule has 0 saturated carbocycles. The Kier molecular flexibility index (Phi) is 4.52. The van der Waals surface area contributed by atoms with Crippen LogP contribution in [0.3, 0.4) is 0 Å². The smallest absolute Gasteiger partial charge is 0.328 e. The van der Waals surface area contributed by atoms with E-state index in [1.807, 2.05) is 19.9 Å². The fraction of sp³-hybridized carbons (Fsp3) is 0.214. The summed E-state index contributed by atoms with van der Waals surface area (Å²) in [6.45, 7) is 3.98. The molecule has 0 unspecified atom stereocenters. The summed E-state index contributed by atoms with van der Waals surface area (Å²) in [7, 11) is 0. The molecule has 0 radical (unpaired) electrons. The first-order valence-corrected chi connectivity index (χ1v) is 5.35. The Morgan fingerprint density at radius 2 is 2.06 bits per heavy atom. The monoisotopic (exact) mass is 232 g/mol. The number of phenolic OH excluding ortho intramolecular Hbond substituents is 1. The highest BCUT2D eigenvalue weighted by atomic mass is 16.4. The lowest BCUT2D eigenvalue weighted by atomic mass is 10.1. The van der Waals surface area contributed by atoms with Gasteiger partial charge in [0.1, 0.15) is 5.75 Å². The molecule has 17 heavy (non-hydrogen) atoms. The van der Waals surface area contributed by atoms with E-state index in [1.54, 1.807) is 18.2 Å². The molecule has 3 heteroatoms. The first-order valence-electron chi connectivity index (χ1n) is 5.35. The second kappa shape index (κ2) is 5.89. The molecule has 3 nitrogen and oxygen atoms in total. The first-order chi connectivity index (χ1) is 7.99. The summed E-state index contributed by atoms with van der Waals surface area (Å²) in [6.07, 6.45) is 5.24. The van der Waals surface area contributed by atoms with Gasteiger partial charge in [0.25, 0.3) is 0 Å². The van der Waals surface area contributed by atoms with Crippen molar-refractivity contribution in [3.63, 3.8) is 0 Å². The van der Waals surface area contributed by atoms with Crippen LogP contribution in [0, 0.1) is 0 Å². The van der Waals surface area contributed by atoms with Crippen molar-refractivity contribution in [2.45, 2.75) is 20.3 Å². The number of aromatic hydroxyl groups is 1. The van der Waals surface area contributed by atoms with Gasteiger partial charge in [-0.25, -0.2) is 4.79 Å².